The van der Waals surface area contributed by atoms with Gasteiger partial charge >= 0.3 is 0 Å². The molecule has 5 N–H and O–H groups in total. The molecule has 10 aromatic rings. The maximum absolute atomic E-state index is 12.4. The Labute approximate surface area is 389 Å². The van der Waals surface area contributed by atoms with Crippen molar-refractivity contribution in [1.29, 1.82) is 0 Å². The van der Waals surface area contributed by atoms with Crippen LogP contribution in [0, 0.1) is 0 Å². The first kappa shape index (κ1) is 44.5. The summed E-state index contributed by atoms with van der Waals surface area (Å²) < 4.78 is 13.4. The molecule has 0 saturated heterocycles. The van der Waals surface area contributed by atoms with Crippen molar-refractivity contribution in [1.82, 2.24) is 68.6 Å². The quantitative estimate of drug-likeness (QED) is 0.138. The van der Waals surface area contributed by atoms with Crippen LogP contribution in [0.4, 0.5) is 11.9 Å². The number of hydrogen-bond acceptors (Lipinski definition) is 13. The zero-order valence-corrected chi connectivity index (χ0v) is 39.0. The Morgan fingerprint density at radius 3 is 1.55 bits per heavy atom. The molecule has 0 fully saturated rings. The molecule has 10 rings (SSSR count). The van der Waals surface area contributed by atoms with Crippen LogP contribution >= 0.6 is 17.0 Å². The van der Waals surface area contributed by atoms with Crippen LogP contribution in [0.2, 0.25) is 0 Å². The molecule has 0 saturated carbocycles. The molecule has 0 spiro atoms. The summed E-state index contributed by atoms with van der Waals surface area (Å²) in [6, 6.07) is 27.9. The fourth-order valence-electron chi connectivity index (χ4n) is 7.95. The van der Waals surface area contributed by atoms with Gasteiger partial charge in [-0.25, -0.2) is 39.3 Å². The number of halogens is 1. The van der Waals surface area contributed by atoms with E-state index in [9.17, 15) is 4.79 Å². The molecule has 4 aromatic carbocycles. The predicted octanol–water partition coefficient (Wildman–Crippen LogP) is 8.04. The van der Waals surface area contributed by atoms with Gasteiger partial charge in [0.05, 0.1) is 51.7 Å². The number of imidazole rings is 2. The van der Waals surface area contributed by atoms with Gasteiger partial charge in [-0.1, -0.05) is 36.4 Å². The largest absolute Gasteiger partial charge is 0.480 e. The van der Waals surface area contributed by atoms with Crippen LogP contribution < -0.4 is 21.8 Å². The minimum Gasteiger partial charge on any atom is -0.480 e. The molecule has 0 unspecified atom stereocenters. The highest BCUT2D eigenvalue weighted by Crippen LogP contribution is 2.38. The Balaban J connectivity index is 0.000000177. The third-order valence-electron chi connectivity index (χ3n) is 10.7. The van der Waals surface area contributed by atoms with E-state index in [1.165, 1.54) is 18.9 Å². The van der Waals surface area contributed by atoms with E-state index in [4.69, 9.17) is 26.2 Å². The molecule has 66 heavy (non-hydrogen) atoms. The second-order valence-corrected chi connectivity index (χ2v) is 17.2. The number of nitrogens with one attached hydrogen (secondary N) is 1. The van der Waals surface area contributed by atoms with Crippen LogP contribution in [-0.4, -0.2) is 75.7 Å². The van der Waals surface area contributed by atoms with Gasteiger partial charge in [-0.05, 0) is 101 Å². The SMILES string of the molecule is Br.CC(C)(C)n1c(-c2ccccc2-n2cncn2)nc2cc(-c3cnc(N)[nH]c3=O)ccc21.COc1nc(N)ncc1-c1ccc2c(c1)nc(-c1ccccc1-n1cncn1)n2C(C)(C)C. The van der Waals surface area contributed by atoms with Crippen molar-refractivity contribution in [2.75, 3.05) is 18.6 Å². The second-order valence-electron chi connectivity index (χ2n) is 17.2. The highest BCUT2D eigenvalue weighted by atomic mass is 79.9. The Bertz CT molecular complexity index is 3400. The molecule has 6 heterocycles. The fourth-order valence-corrected chi connectivity index (χ4v) is 7.95. The van der Waals surface area contributed by atoms with Crippen molar-refractivity contribution in [3.63, 3.8) is 0 Å². The van der Waals surface area contributed by atoms with Crippen molar-refractivity contribution in [3.05, 3.63) is 133 Å². The van der Waals surface area contributed by atoms with Crippen molar-refractivity contribution in [3.8, 4) is 62.3 Å². The number of aromatic nitrogens is 14. The van der Waals surface area contributed by atoms with Crippen LogP contribution in [0.3, 0.4) is 0 Å². The van der Waals surface area contributed by atoms with Crippen LogP contribution in [0.25, 0.3) is 78.5 Å². The topological polar surface area (TPSA) is 230 Å². The molecule has 6 aromatic heterocycles. The van der Waals surface area contributed by atoms with Crippen molar-refractivity contribution in [2.45, 2.75) is 52.6 Å². The summed E-state index contributed by atoms with van der Waals surface area (Å²) in [6.07, 6.45) is 9.54. The van der Waals surface area contributed by atoms with Gasteiger partial charge in [0.2, 0.25) is 11.8 Å². The molecule has 0 radical (unpaired) electrons. The van der Waals surface area contributed by atoms with Crippen LogP contribution in [0.5, 0.6) is 5.88 Å². The lowest BCUT2D eigenvalue weighted by Crippen LogP contribution is -2.23. The van der Waals surface area contributed by atoms with E-state index in [0.717, 1.165) is 72.9 Å². The van der Waals surface area contributed by atoms with Crippen LogP contribution in [-0.2, 0) is 11.1 Å². The molecule has 18 nitrogen and oxygen atoms in total. The number of anilines is 2. The lowest BCUT2D eigenvalue weighted by Gasteiger charge is -2.25. The second kappa shape index (κ2) is 17.5. The molecular formula is C47H47BrN16O2. The highest BCUT2D eigenvalue weighted by molar-refractivity contribution is 8.93. The number of rotatable bonds is 7. The van der Waals surface area contributed by atoms with E-state index in [1.807, 2.05) is 72.8 Å². The Morgan fingerprint density at radius 1 is 0.606 bits per heavy atom. The number of fused-ring (bicyclic) bond motifs is 2. The first-order valence-corrected chi connectivity index (χ1v) is 20.7. The average molecular weight is 948 g/mol. The number of para-hydroxylation sites is 2. The molecule has 0 aliphatic rings. The molecule has 0 amide bonds. The molecule has 0 aliphatic heterocycles. The number of aromatic amines is 1. The normalized spacial score (nSPS) is 11.6. The first-order chi connectivity index (χ1) is 31.2. The summed E-state index contributed by atoms with van der Waals surface area (Å²) in [5.74, 6) is 2.33. The molecule has 0 aliphatic carbocycles. The highest BCUT2D eigenvalue weighted by Gasteiger charge is 2.27. The zero-order chi connectivity index (χ0) is 45.6. The number of hydrogen-bond donors (Lipinski definition) is 3. The number of nitrogens with zero attached hydrogens (tertiary/aromatic N) is 13. The summed E-state index contributed by atoms with van der Waals surface area (Å²) >= 11 is 0. The van der Waals surface area contributed by atoms with Crippen LogP contribution in [0.1, 0.15) is 41.5 Å². The zero-order valence-electron chi connectivity index (χ0n) is 37.2. The maximum atomic E-state index is 12.4. The maximum Gasteiger partial charge on any atom is 0.260 e. The first-order valence-electron chi connectivity index (χ1n) is 20.7. The summed E-state index contributed by atoms with van der Waals surface area (Å²) in [4.78, 5) is 45.6. The third-order valence-corrected chi connectivity index (χ3v) is 10.7. The fraction of sp³-hybridized carbons (Fsp3) is 0.191. The third kappa shape index (κ3) is 8.38. The van der Waals surface area contributed by atoms with Gasteiger partial charge < -0.3 is 25.3 Å². The number of benzene rings is 4. The molecule has 19 heteroatoms. The molecular weight excluding hydrogens is 901 g/mol. The van der Waals surface area contributed by atoms with Crippen molar-refractivity contribution in [2.24, 2.45) is 0 Å². The van der Waals surface area contributed by atoms with E-state index < -0.39 is 0 Å². The smallest absolute Gasteiger partial charge is 0.260 e. The van der Waals surface area contributed by atoms with Gasteiger partial charge in [0.25, 0.3) is 5.56 Å². The minimum atomic E-state index is -0.288. The Morgan fingerprint density at radius 2 is 1.09 bits per heavy atom. The predicted molar refractivity (Wildman–Crippen MR) is 261 cm³/mol. The Hall–Kier alpha value is -8.06. The standard InChI is InChI=1S/C24H24N8O.C23H22N8O.BrH/c1-24(2,3)32-20-10-9-15(17-12-27-23(25)30-22(17)33-4)11-18(20)29-21(32)16-7-5-6-8-19(16)31-14-26-13-28-31;1-23(2,3)31-19-9-8-14(16-11-26-22(24)29-21(16)32)10-17(19)28-20(31)15-6-4-5-7-18(15)30-13-25-12-27-30;/h5-14H,1-4H3,(H2,25,27,30);4-13H,1-3H3,(H3,24,26,29,32);1H. The van der Waals surface area contributed by atoms with Gasteiger partial charge in [-0.3, -0.25) is 9.78 Å². The lowest BCUT2D eigenvalue weighted by molar-refractivity contribution is 0.399. The van der Waals surface area contributed by atoms with E-state index >= 15 is 0 Å². The number of H-pyrrole nitrogens is 1. The summed E-state index contributed by atoms with van der Waals surface area (Å²) in [5.41, 5.74) is 20.7. The number of nitrogen functional groups attached to an aromatic ring is 2. The number of methoxy groups -OCH3 is 1. The van der Waals surface area contributed by atoms with Crippen molar-refractivity contribution < 1.29 is 4.74 Å². The summed E-state index contributed by atoms with van der Waals surface area (Å²) in [7, 11) is 1.57. The Kier molecular flexibility index (Phi) is 11.8. The van der Waals surface area contributed by atoms with E-state index in [2.05, 4.69) is 103 Å². The summed E-state index contributed by atoms with van der Waals surface area (Å²) in [6.45, 7) is 12.9. The average Bonchev–Trinajstić information content (AvgIpc) is 4.12. The van der Waals surface area contributed by atoms with Crippen molar-refractivity contribution >= 4 is 50.9 Å². The molecule has 334 valence electrons. The van der Waals surface area contributed by atoms with Gasteiger partial charge in [0.15, 0.2) is 5.95 Å². The van der Waals surface area contributed by atoms with Crippen LogP contribution in [0.15, 0.2) is 127 Å². The number of nitrogens with two attached hydrogens (primary N) is 2. The van der Waals surface area contributed by atoms with Gasteiger partial charge in [-0.2, -0.15) is 15.2 Å². The van der Waals surface area contributed by atoms with Gasteiger partial charge in [0, 0.05) is 34.6 Å². The van der Waals surface area contributed by atoms with Gasteiger partial charge in [0.1, 0.15) is 37.0 Å². The number of ether oxygens (including phenoxy) is 1. The van der Waals surface area contributed by atoms with Gasteiger partial charge in [-0.15, -0.1) is 17.0 Å². The minimum absolute atomic E-state index is 0. The molecule has 0 bridgehead atoms. The van der Waals surface area contributed by atoms with E-state index in [-0.39, 0.29) is 45.5 Å². The van der Waals surface area contributed by atoms with E-state index in [0.29, 0.717) is 11.4 Å². The lowest BCUT2D eigenvalue weighted by atomic mass is 10.0. The molecule has 0 atom stereocenters. The summed E-state index contributed by atoms with van der Waals surface area (Å²) in [5, 5.41) is 8.63. The van der Waals surface area contributed by atoms with E-state index in [1.54, 1.807) is 35.3 Å². The monoisotopic (exact) mass is 946 g/mol.